The number of fused-ring (bicyclic) bond motifs is 2. The average Bonchev–Trinajstić information content (AvgIpc) is 3.01. The van der Waals surface area contributed by atoms with Crippen molar-refractivity contribution < 1.29 is 28.5 Å². The summed E-state index contributed by atoms with van der Waals surface area (Å²) >= 11 is 0. The van der Waals surface area contributed by atoms with Crippen LogP contribution in [-0.2, 0) is 28.5 Å². The summed E-state index contributed by atoms with van der Waals surface area (Å²) in [6.45, 7) is 2.71. The third-order valence-corrected chi connectivity index (χ3v) is 3.02. The summed E-state index contributed by atoms with van der Waals surface area (Å²) in [5, 5.41) is 0. The van der Waals surface area contributed by atoms with Gasteiger partial charge in [0.25, 0.3) is 0 Å². The predicted octanol–water partition coefficient (Wildman–Crippen LogP) is -0.602. The molecule has 2 heterocycles. The van der Waals surface area contributed by atoms with Gasteiger partial charge in [0.1, 0.15) is 24.4 Å². The van der Waals surface area contributed by atoms with E-state index in [9.17, 15) is 9.59 Å². The maximum atomic E-state index is 10.9. The van der Waals surface area contributed by atoms with Crippen molar-refractivity contribution in [3.05, 3.63) is 0 Å². The maximum absolute atomic E-state index is 10.9. The van der Waals surface area contributed by atoms with Crippen molar-refractivity contribution in [1.29, 1.82) is 0 Å². The first-order valence-corrected chi connectivity index (χ1v) is 5.23. The minimum atomic E-state index is -0.348. The fraction of sp³-hybridized carbons (Fsp3) is 0.800. The molecule has 3 fully saturated rings. The molecule has 0 spiro atoms. The summed E-state index contributed by atoms with van der Waals surface area (Å²) in [6, 6.07) is 0. The lowest BCUT2D eigenvalue weighted by Crippen LogP contribution is -2.43. The molecule has 88 valence electrons. The molecule has 1 aliphatic carbocycles. The second-order valence-electron chi connectivity index (χ2n) is 4.28. The predicted molar refractivity (Wildman–Crippen MR) is 48.4 cm³/mol. The highest BCUT2D eigenvalue weighted by Crippen LogP contribution is 2.49. The lowest BCUT2D eigenvalue weighted by molar-refractivity contribution is -0.151. The van der Waals surface area contributed by atoms with E-state index in [4.69, 9.17) is 18.9 Å². The highest BCUT2D eigenvalue weighted by atomic mass is 16.7. The lowest BCUT2D eigenvalue weighted by Gasteiger charge is -2.20. The Hall–Kier alpha value is -1.14. The third-order valence-electron chi connectivity index (χ3n) is 3.02. The van der Waals surface area contributed by atoms with Crippen LogP contribution in [0.15, 0.2) is 0 Å². The van der Waals surface area contributed by atoms with Gasteiger partial charge in [-0.1, -0.05) is 0 Å². The number of rotatable bonds is 2. The summed E-state index contributed by atoms with van der Waals surface area (Å²) in [5.74, 6) is -0.695. The van der Waals surface area contributed by atoms with Crippen LogP contribution in [0.2, 0.25) is 0 Å². The Morgan fingerprint density at radius 3 is 1.38 bits per heavy atom. The molecule has 0 radical (unpaired) electrons. The van der Waals surface area contributed by atoms with Gasteiger partial charge in [-0.3, -0.25) is 9.59 Å². The normalized spacial score (nSPS) is 47.4. The lowest BCUT2D eigenvalue weighted by atomic mass is 9.95. The molecule has 3 rings (SSSR count). The van der Waals surface area contributed by atoms with Crippen LogP contribution in [0.25, 0.3) is 0 Å². The Kier molecular flexibility index (Phi) is 1.99. The minimum Gasteiger partial charge on any atom is -0.457 e. The van der Waals surface area contributed by atoms with Crippen LogP contribution < -0.4 is 0 Å². The molecule has 1 saturated carbocycles. The summed E-state index contributed by atoms with van der Waals surface area (Å²) in [4.78, 5) is 21.8. The van der Waals surface area contributed by atoms with Gasteiger partial charge >= 0.3 is 11.9 Å². The minimum absolute atomic E-state index is 0.183. The Morgan fingerprint density at radius 1 is 0.812 bits per heavy atom. The van der Waals surface area contributed by atoms with E-state index < -0.39 is 0 Å². The van der Waals surface area contributed by atoms with Crippen LogP contribution in [0, 0.1) is 0 Å². The number of epoxide rings is 2. The van der Waals surface area contributed by atoms with Crippen molar-refractivity contribution in [3.8, 4) is 0 Å². The van der Waals surface area contributed by atoms with Gasteiger partial charge in [-0.25, -0.2) is 0 Å². The number of ether oxygens (including phenoxy) is 4. The Bertz CT molecular complexity index is 303. The molecular weight excluding hydrogens is 216 g/mol. The third kappa shape index (κ3) is 1.49. The zero-order valence-electron chi connectivity index (χ0n) is 8.91. The number of hydrogen-bond donors (Lipinski definition) is 0. The van der Waals surface area contributed by atoms with Gasteiger partial charge in [-0.15, -0.1) is 0 Å². The Morgan fingerprint density at radius 2 is 1.12 bits per heavy atom. The van der Waals surface area contributed by atoms with Crippen LogP contribution in [0.1, 0.15) is 13.8 Å². The summed E-state index contributed by atoms with van der Waals surface area (Å²) in [5.41, 5.74) is 0. The van der Waals surface area contributed by atoms with Crippen LogP contribution >= 0.6 is 0 Å². The Balaban J connectivity index is 1.68. The molecule has 0 bridgehead atoms. The van der Waals surface area contributed by atoms with E-state index in [1.807, 2.05) is 0 Å². The SMILES string of the molecule is CC(=O)OC1[C@H]2O[C@H]2C(OC(C)=O)[C@H]2O[C@@H]12. The van der Waals surface area contributed by atoms with E-state index in [-0.39, 0.29) is 48.6 Å². The molecule has 6 nitrogen and oxygen atoms in total. The van der Waals surface area contributed by atoms with E-state index in [1.165, 1.54) is 13.8 Å². The largest absolute Gasteiger partial charge is 0.457 e. The van der Waals surface area contributed by atoms with Crippen LogP contribution in [0.5, 0.6) is 0 Å². The highest BCUT2D eigenvalue weighted by molar-refractivity contribution is 5.67. The molecule has 6 atom stereocenters. The zero-order valence-corrected chi connectivity index (χ0v) is 8.91. The number of hydrogen-bond acceptors (Lipinski definition) is 6. The van der Waals surface area contributed by atoms with E-state index in [2.05, 4.69) is 0 Å². The van der Waals surface area contributed by atoms with Crippen LogP contribution in [-0.4, -0.2) is 48.6 Å². The first-order chi connectivity index (χ1) is 7.58. The van der Waals surface area contributed by atoms with Gasteiger partial charge in [-0.2, -0.15) is 0 Å². The van der Waals surface area contributed by atoms with E-state index >= 15 is 0 Å². The monoisotopic (exact) mass is 228 g/mol. The molecule has 2 saturated heterocycles. The molecule has 6 heteroatoms. The molecule has 0 aromatic rings. The van der Waals surface area contributed by atoms with E-state index in [1.54, 1.807) is 0 Å². The quantitative estimate of drug-likeness (QED) is 0.464. The van der Waals surface area contributed by atoms with Gasteiger partial charge in [0.2, 0.25) is 0 Å². The molecule has 0 N–H and O–H groups in total. The van der Waals surface area contributed by atoms with Crippen molar-refractivity contribution in [2.75, 3.05) is 0 Å². The van der Waals surface area contributed by atoms with Gasteiger partial charge in [0.15, 0.2) is 12.2 Å². The van der Waals surface area contributed by atoms with Crippen LogP contribution in [0.3, 0.4) is 0 Å². The Labute approximate surface area is 91.8 Å². The van der Waals surface area contributed by atoms with Crippen molar-refractivity contribution >= 4 is 11.9 Å². The molecule has 0 aromatic heterocycles. The molecule has 3 aliphatic rings. The molecule has 2 unspecified atom stereocenters. The fourth-order valence-electron chi connectivity index (χ4n) is 2.36. The maximum Gasteiger partial charge on any atom is 0.303 e. The topological polar surface area (TPSA) is 77.7 Å². The number of carbonyl (C=O) groups is 2. The summed E-state index contributed by atoms with van der Waals surface area (Å²) in [6.07, 6.45) is -1.43. The second-order valence-corrected chi connectivity index (χ2v) is 4.28. The molecule has 0 amide bonds. The molecular formula is C10H12O6. The fourth-order valence-corrected chi connectivity index (χ4v) is 2.36. The number of esters is 2. The van der Waals surface area contributed by atoms with Gasteiger partial charge in [0.05, 0.1) is 0 Å². The van der Waals surface area contributed by atoms with E-state index in [0.717, 1.165) is 0 Å². The second kappa shape index (κ2) is 3.18. The van der Waals surface area contributed by atoms with Crippen molar-refractivity contribution in [2.45, 2.75) is 50.5 Å². The van der Waals surface area contributed by atoms with Crippen molar-refractivity contribution in [1.82, 2.24) is 0 Å². The molecule has 16 heavy (non-hydrogen) atoms. The average molecular weight is 228 g/mol. The van der Waals surface area contributed by atoms with Gasteiger partial charge < -0.3 is 18.9 Å². The molecule has 0 aromatic carbocycles. The summed E-state index contributed by atoms with van der Waals surface area (Å²) < 4.78 is 21.0. The number of carbonyl (C=O) groups excluding carboxylic acids is 2. The zero-order chi connectivity index (χ0) is 11.4. The molecule has 2 aliphatic heterocycles. The van der Waals surface area contributed by atoms with Gasteiger partial charge in [0, 0.05) is 13.8 Å². The van der Waals surface area contributed by atoms with E-state index in [0.29, 0.717) is 0 Å². The standard InChI is InChI=1S/C10H12O6/c1-3(11)13-5-7-9(15-7)6(14-4(2)12)10-8(5)16-10/h5-10H,1-2H3/t5?,6?,7-,8+,9+,10-. The summed E-state index contributed by atoms with van der Waals surface area (Å²) in [7, 11) is 0. The smallest absolute Gasteiger partial charge is 0.303 e. The van der Waals surface area contributed by atoms with Crippen molar-refractivity contribution in [2.24, 2.45) is 0 Å². The van der Waals surface area contributed by atoms with Crippen molar-refractivity contribution in [3.63, 3.8) is 0 Å². The van der Waals surface area contributed by atoms with Gasteiger partial charge in [-0.05, 0) is 0 Å². The first kappa shape index (κ1) is 10.0. The van der Waals surface area contributed by atoms with Crippen LogP contribution in [0.4, 0.5) is 0 Å². The first-order valence-electron chi connectivity index (χ1n) is 5.23. The highest BCUT2D eigenvalue weighted by Gasteiger charge is 2.71.